The molecule has 0 bridgehead atoms. The highest BCUT2D eigenvalue weighted by Gasteiger charge is 2.40. The summed E-state index contributed by atoms with van der Waals surface area (Å²) in [6.45, 7) is 14.7. The Balaban J connectivity index is 1.85. The van der Waals surface area contributed by atoms with Crippen molar-refractivity contribution in [2.75, 3.05) is 6.61 Å². The Morgan fingerprint density at radius 1 is 1.05 bits per heavy atom. The lowest BCUT2D eigenvalue weighted by Gasteiger charge is -2.45. The number of ether oxygens (including phenoxy) is 2. The zero-order chi connectivity index (χ0) is 15.6. The topological polar surface area (TPSA) is 18.5 Å². The molecular formula is C19H36O2. The molecule has 1 saturated carbocycles. The molecular weight excluding hydrogens is 260 g/mol. The van der Waals surface area contributed by atoms with Crippen LogP contribution in [0.15, 0.2) is 0 Å². The Hall–Kier alpha value is -0.0800. The van der Waals surface area contributed by atoms with Crippen LogP contribution in [0, 0.1) is 29.1 Å². The first-order chi connectivity index (χ1) is 9.79. The summed E-state index contributed by atoms with van der Waals surface area (Å²) >= 11 is 0. The largest absolute Gasteiger partial charge is 0.352 e. The summed E-state index contributed by atoms with van der Waals surface area (Å²) in [6, 6.07) is 0. The molecule has 3 atom stereocenters. The van der Waals surface area contributed by atoms with E-state index in [1.165, 1.54) is 25.7 Å². The summed E-state index contributed by atoms with van der Waals surface area (Å²) in [5, 5.41) is 0. The first-order valence-corrected chi connectivity index (χ1v) is 9.06. The van der Waals surface area contributed by atoms with Gasteiger partial charge in [0.25, 0.3) is 0 Å². The van der Waals surface area contributed by atoms with Crippen LogP contribution in [0.4, 0.5) is 0 Å². The molecule has 0 aromatic heterocycles. The molecule has 21 heavy (non-hydrogen) atoms. The van der Waals surface area contributed by atoms with E-state index >= 15 is 0 Å². The van der Waals surface area contributed by atoms with Gasteiger partial charge >= 0.3 is 0 Å². The van der Waals surface area contributed by atoms with Gasteiger partial charge in [0.1, 0.15) is 0 Å². The molecule has 1 saturated heterocycles. The molecule has 1 aliphatic heterocycles. The third kappa shape index (κ3) is 4.45. The predicted molar refractivity (Wildman–Crippen MR) is 88.1 cm³/mol. The van der Waals surface area contributed by atoms with Gasteiger partial charge in [0.15, 0.2) is 6.29 Å². The normalized spacial score (nSPS) is 38.4. The molecule has 2 heteroatoms. The summed E-state index contributed by atoms with van der Waals surface area (Å²) in [5.41, 5.74) is 0.133. The monoisotopic (exact) mass is 296 g/mol. The summed E-state index contributed by atoms with van der Waals surface area (Å²) in [7, 11) is 0. The average Bonchev–Trinajstić information content (AvgIpc) is 2.41. The van der Waals surface area contributed by atoms with Gasteiger partial charge in [0.05, 0.1) is 12.7 Å². The van der Waals surface area contributed by atoms with Gasteiger partial charge in [-0.2, -0.15) is 0 Å². The minimum Gasteiger partial charge on any atom is -0.352 e. The average molecular weight is 296 g/mol. The van der Waals surface area contributed by atoms with E-state index in [1.54, 1.807) is 0 Å². The number of hydrogen-bond donors (Lipinski definition) is 0. The van der Waals surface area contributed by atoms with Crippen LogP contribution in [-0.2, 0) is 9.47 Å². The second kappa shape index (κ2) is 7.00. The Labute approximate surface area is 132 Å². The van der Waals surface area contributed by atoms with Crippen molar-refractivity contribution in [2.24, 2.45) is 29.1 Å². The first-order valence-electron chi connectivity index (χ1n) is 9.06. The van der Waals surface area contributed by atoms with Crippen LogP contribution >= 0.6 is 0 Å². The van der Waals surface area contributed by atoms with Crippen LogP contribution in [0.2, 0.25) is 0 Å². The van der Waals surface area contributed by atoms with Gasteiger partial charge in [-0.05, 0) is 36.5 Å². The van der Waals surface area contributed by atoms with Gasteiger partial charge in [-0.1, -0.05) is 54.4 Å². The van der Waals surface area contributed by atoms with E-state index in [4.69, 9.17) is 9.47 Å². The quantitative estimate of drug-likeness (QED) is 0.704. The third-order valence-electron chi connectivity index (χ3n) is 5.74. The first kappa shape index (κ1) is 17.3. The van der Waals surface area contributed by atoms with E-state index in [1.807, 2.05) is 0 Å². The molecule has 1 aliphatic carbocycles. The van der Waals surface area contributed by atoms with Crippen LogP contribution < -0.4 is 0 Å². The molecule has 0 aromatic carbocycles. The van der Waals surface area contributed by atoms with Crippen LogP contribution in [0.25, 0.3) is 0 Å². The molecule has 2 fully saturated rings. The lowest BCUT2D eigenvalue weighted by atomic mass is 9.75. The summed E-state index contributed by atoms with van der Waals surface area (Å²) in [4.78, 5) is 0. The zero-order valence-electron chi connectivity index (χ0n) is 15.0. The van der Waals surface area contributed by atoms with Gasteiger partial charge in [0, 0.05) is 11.8 Å². The van der Waals surface area contributed by atoms with Crippen molar-refractivity contribution in [1.82, 2.24) is 0 Å². The maximum Gasteiger partial charge on any atom is 0.158 e. The highest BCUT2D eigenvalue weighted by molar-refractivity contribution is 4.85. The zero-order valence-corrected chi connectivity index (χ0v) is 15.0. The van der Waals surface area contributed by atoms with Crippen molar-refractivity contribution in [1.29, 1.82) is 0 Å². The minimum atomic E-state index is 0.0137. The van der Waals surface area contributed by atoms with E-state index < -0.39 is 0 Å². The van der Waals surface area contributed by atoms with Crippen LogP contribution in [0.3, 0.4) is 0 Å². The van der Waals surface area contributed by atoms with Crippen LogP contribution in [-0.4, -0.2) is 19.0 Å². The summed E-state index contributed by atoms with van der Waals surface area (Å²) in [5.74, 6) is 3.08. The summed E-state index contributed by atoms with van der Waals surface area (Å²) in [6.07, 6.45) is 7.00. The minimum absolute atomic E-state index is 0.0137. The maximum absolute atomic E-state index is 6.32. The van der Waals surface area contributed by atoms with Gasteiger partial charge in [-0.25, -0.2) is 0 Å². The maximum atomic E-state index is 6.32. The van der Waals surface area contributed by atoms with Crippen molar-refractivity contribution in [3.05, 3.63) is 0 Å². The standard InChI is InChI=1S/C19H36O2/c1-13(2)18-19(5,6)12-20-17(21-18)11-15(4)16-9-7-14(3)8-10-16/h13-18H,7-12H2,1-6H3. The highest BCUT2D eigenvalue weighted by atomic mass is 16.7. The third-order valence-corrected chi connectivity index (χ3v) is 5.74. The molecule has 2 aliphatic rings. The Bertz CT molecular complexity index is 316. The van der Waals surface area contributed by atoms with E-state index in [2.05, 4.69) is 41.5 Å². The van der Waals surface area contributed by atoms with Gasteiger partial charge in [-0.15, -0.1) is 0 Å². The molecule has 1 heterocycles. The van der Waals surface area contributed by atoms with Crippen LogP contribution in [0.1, 0.15) is 73.6 Å². The smallest absolute Gasteiger partial charge is 0.158 e. The SMILES string of the molecule is CC1CCC(C(C)CC2OCC(C)(C)C(C(C)C)O2)CC1. The van der Waals surface area contributed by atoms with Crippen molar-refractivity contribution in [2.45, 2.75) is 86.0 Å². The second-order valence-corrected chi connectivity index (χ2v) is 8.76. The molecule has 124 valence electrons. The number of hydrogen-bond acceptors (Lipinski definition) is 2. The lowest BCUT2D eigenvalue weighted by molar-refractivity contribution is -0.275. The van der Waals surface area contributed by atoms with Crippen LogP contribution in [0.5, 0.6) is 0 Å². The molecule has 2 nitrogen and oxygen atoms in total. The Morgan fingerprint density at radius 2 is 1.67 bits per heavy atom. The fourth-order valence-corrected chi connectivity index (χ4v) is 4.31. The van der Waals surface area contributed by atoms with Gasteiger partial charge < -0.3 is 9.47 Å². The van der Waals surface area contributed by atoms with Crippen molar-refractivity contribution in [3.63, 3.8) is 0 Å². The van der Waals surface area contributed by atoms with Crippen molar-refractivity contribution < 1.29 is 9.47 Å². The van der Waals surface area contributed by atoms with E-state index in [0.717, 1.165) is 30.8 Å². The van der Waals surface area contributed by atoms with Crippen molar-refractivity contribution >= 4 is 0 Å². The van der Waals surface area contributed by atoms with Gasteiger partial charge in [0.2, 0.25) is 0 Å². The molecule has 0 amide bonds. The molecule has 0 radical (unpaired) electrons. The molecule has 0 N–H and O–H groups in total. The lowest BCUT2D eigenvalue weighted by Crippen LogP contribution is -2.48. The van der Waals surface area contributed by atoms with E-state index in [0.29, 0.717) is 12.0 Å². The van der Waals surface area contributed by atoms with E-state index in [9.17, 15) is 0 Å². The predicted octanol–water partition coefficient (Wildman–Crippen LogP) is 5.26. The number of rotatable bonds is 4. The molecule has 3 unspecified atom stereocenters. The Morgan fingerprint density at radius 3 is 2.24 bits per heavy atom. The van der Waals surface area contributed by atoms with Gasteiger partial charge in [-0.3, -0.25) is 0 Å². The second-order valence-electron chi connectivity index (χ2n) is 8.76. The van der Waals surface area contributed by atoms with Crippen molar-refractivity contribution in [3.8, 4) is 0 Å². The Kier molecular flexibility index (Phi) is 5.76. The molecule has 0 aromatic rings. The molecule has 2 rings (SSSR count). The van der Waals surface area contributed by atoms with E-state index in [-0.39, 0.29) is 11.7 Å². The highest BCUT2D eigenvalue weighted by Crippen LogP contribution is 2.39. The molecule has 0 spiro atoms. The fourth-order valence-electron chi connectivity index (χ4n) is 4.31. The fraction of sp³-hybridized carbons (Fsp3) is 1.00. The summed E-state index contributed by atoms with van der Waals surface area (Å²) < 4.78 is 12.4.